The number of fused-ring (bicyclic) bond motifs is 7. The quantitative estimate of drug-likeness (QED) is 0.437. The Hall–Kier alpha value is -0.120. The van der Waals surface area contributed by atoms with E-state index >= 15 is 0 Å². The summed E-state index contributed by atoms with van der Waals surface area (Å²) in [4.78, 5) is 0. The summed E-state index contributed by atoms with van der Waals surface area (Å²) in [5, 5.41) is 34.8. The Morgan fingerprint density at radius 3 is 2.00 bits per heavy atom. The monoisotopic (exact) mass is 460 g/mol. The van der Waals surface area contributed by atoms with Crippen molar-refractivity contribution in [1.82, 2.24) is 0 Å². The van der Waals surface area contributed by atoms with Gasteiger partial charge in [0.2, 0.25) is 0 Å². The molecule has 0 aromatic heterocycles. The normalized spacial score (nSPS) is 58.1. The van der Waals surface area contributed by atoms with Gasteiger partial charge in [-0.05, 0) is 116 Å². The van der Waals surface area contributed by atoms with Gasteiger partial charge in [0.05, 0.1) is 17.8 Å². The minimum atomic E-state index is -0.655. The molecule has 5 saturated carbocycles. The fourth-order valence-electron chi connectivity index (χ4n) is 12.3. The second kappa shape index (κ2) is 7.00. The van der Waals surface area contributed by atoms with Crippen molar-refractivity contribution in [3.05, 3.63) is 0 Å². The first-order valence-corrected chi connectivity index (χ1v) is 14.1. The third-order valence-corrected chi connectivity index (χ3v) is 13.6. The van der Waals surface area contributed by atoms with E-state index in [2.05, 4.69) is 41.5 Å². The first-order valence-electron chi connectivity index (χ1n) is 14.1. The molecule has 5 rings (SSSR count). The Bertz CT molecular complexity index is 799. The molecule has 3 heteroatoms. The molecule has 0 aliphatic heterocycles. The van der Waals surface area contributed by atoms with Crippen LogP contribution in [0.2, 0.25) is 0 Å². The summed E-state index contributed by atoms with van der Waals surface area (Å²) in [6, 6.07) is 0. The van der Waals surface area contributed by atoms with Gasteiger partial charge in [0.15, 0.2) is 0 Å². The molecule has 0 radical (unpaired) electrons. The van der Waals surface area contributed by atoms with Crippen molar-refractivity contribution in [2.45, 2.75) is 131 Å². The van der Waals surface area contributed by atoms with Gasteiger partial charge < -0.3 is 15.3 Å². The van der Waals surface area contributed by atoms with Crippen LogP contribution in [-0.4, -0.2) is 33.1 Å². The lowest BCUT2D eigenvalue weighted by Crippen LogP contribution is -2.74. The lowest BCUT2D eigenvalue weighted by Gasteiger charge is -2.75. The van der Waals surface area contributed by atoms with E-state index in [1.807, 2.05) is 13.8 Å². The van der Waals surface area contributed by atoms with Crippen molar-refractivity contribution in [2.75, 3.05) is 0 Å². The smallest absolute Gasteiger partial charge is 0.0863 e. The third kappa shape index (κ3) is 2.85. The molecule has 0 amide bonds. The van der Waals surface area contributed by atoms with Crippen LogP contribution in [0, 0.1) is 56.7 Å². The van der Waals surface area contributed by atoms with Gasteiger partial charge in [-0.1, -0.05) is 48.0 Å². The molecule has 33 heavy (non-hydrogen) atoms. The van der Waals surface area contributed by atoms with Crippen LogP contribution in [0.15, 0.2) is 0 Å². The zero-order chi connectivity index (χ0) is 24.4. The Kier molecular flexibility index (Phi) is 5.21. The first kappa shape index (κ1) is 24.6. The highest BCUT2D eigenvalue weighted by atomic mass is 16.3. The summed E-state index contributed by atoms with van der Waals surface area (Å²) in [7, 11) is 0. The van der Waals surface area contributed by atoms with Crippen LogP contribution < -0.4 is 0 Å². The van der Waals surface area contributed by atoms with Crippen LogP contribution >= 0.6 is 0 Å². The molecule has 0 bridgehead atoms. The van der Waals surface area contributed by atoms with Crippen LogP contribution in [0.25, 0.3) is 0 Å². The van der Waals surface area contributed by atoms with Crippen molar-refractivity contribution in [3.8, 4) is 0 Å². The molecule has 0 spiro atoms. The van der Waals surface area contributed by atoms with Crippen LogP contribution in [-0.2, 0) is 0 Å². The van der Waals surface area contributed by atoms with Crippen LogP contribution in [0.4, 0.5) is 0 Å². The highest BCUT2D eigenvalue weighted by molar-refractivity contribution is 5.23. The SMILES string of the molecule is CC1(C)CCC[C@@]2(C)C1[C@@H](O)[C@H](O)[C@]1(C)[C@@H]2CC[C@@H]2[C@@]3(C)CC[C@H](C(C)(C)O)[C@@H]3CC[C@]21C. The van der Waals surface area contributed by atoms with E-state index in [9.17, 15) is 15.3 Å². The van der Waals surface area contributed by atoms with Gasteiger partial charge in [0.25, 0.3) is 0 Å². The van der Waals surface area contributed by atoms with Gasteiger partial charge in [-0.3, -0.25) is 0 Å². The number of aliphatic hydroxyl groups excluding tert-OH is 2. The average Bonchev–Trinajstić information content (AvgIpc) is 3.04. The molecule has 0 aromatic rings. The van der Waals surface area contributed by atoms with E-state index in [1.165, 1.54) is 32.1 Å². The second-order valence-corrected chi connectivity index (χ2v) is 15.6. The molecule has 5 aliphatic rings. The van der Waals surface area contributed by atoms with Crippen molar-refractivity contribution >= 4 is 0 Å². The van der Waals surface area contributed by atoms with Crippen LogP contribution in [0.1, 0.15) is 113 Å². The van der Waals surface area contributed by atoms with Crippen molar-refractivity contribution in [1.29, 1.82) is 0 Å². The van der Waals surface area contributed by atoms with E-state index in [-0.39, 0.29) is 33.0 Å². The fraction of sp³-hybridized carbons (Fsp3) is 1.00. The average molecular weight is 461 g/mol. The molecule has 0 heterocycles. The molecule has 5 aliphatic carbocycles. The first-order chi connectivity index (χ1) is 15.0. The van der Waals surface area contributed by atoms with Gasteiger partial charge >= 0.3 is 0 Å². The maximum Gasteiger partial charge on any atom is 0.0863 e. The number of rotatable bonds is 1. The van der Waals surface area contributed by atoms with Crippen LogP contribution in [0.3, 0.4) is 0 Å². The standard InChI is InChI=1S/C30H52O3/c1-25(2)14-9-15-28(6)21-11-10-20-27(5)16-12-18(26(3,4)33)19(27)13-17-29(20,7)30(21,8)24(32)22(31)23(25)28/h18-24,31-33H,9-17H2,1-8H3/t18-,19-,20+,21+,22+,23?,24-,27-,28+,29+,30-/m0/s1. The second-order valence-electron chi connectivity index (χ2n) is 15.6. The summed E-state index contributed by atoms with van der Waals surface area (Å²) < 4.78 is 0. The Labute approximate surface area is 203 Å². The minimum absolute atomic E-state index is 0.0195. The summed E-state index contributed by atoms with van der Waals surface area (Å²) in [6.07, 6.45) is 9.29. The van der Waals surface area contributed by atoms with E-state index in [0.717, 1.165) is 25.7 Å². The largest absolute Gasteiger partial charge is 0.390 e. The van der Waals surface area contributed by atoms with Gasteiger partial charge in [-0.2, -0.15) is 0 Å². The van der Waals surface area contributed by atoms with E-state index in [4.69, 9.17) is 0 Å². The Morgan fingerprint density at radius 2 is 1.36 bits per heavy atom. The van der Waals surface area contributed by atoms with Crippen molar-refractivity contribution in [2.24, 2.45) is 56.7 Å². The topological polar surface area (TPSA) is 60.7 Å². The maximum atomic E-state index is 12.0. The molecular formula is C30H52O3. The third-order valence-electron chi connectivity index (χ3n) is 13.6. The number of hydrogen-bond donors (Lipinski definition) is 3. The van der Waals surface area contributed by atoms with Gasteiger partial charge in [-0.25, -0.2) is 0 Å². The Balaban J connectivity index is 1.58. The van der Waals surface area contributed by atoms with Gasteiger partial charge in [0, 0.05) is 5.41 Å². The Morgan fingerprint density at radius 1 is 0.727 bits per heavy atom. The summed E-state index contributed by atoms with van der Waals surface area (Å²) in [5.74, 6) is 2.13. The molecule has 11 atom stereocenters. The molecule has 3 nitrogen and oxygen atoms in total. The number of aliphatic hydroxyl groups is 3. The highest BCUT2D eigenvalue weighted by Gasteiger charge is 2.74. The van der Waals surface area contributed by atoms with Gasteiger partial charge in [-0.15, -0.1) is 0 Å². The predicted octanol–water partition coefficient (Wildman–Crippen LogP) is 6.19. The lowest BCUT2D eigenvalue weighted by atomic mass is 9.31. The summed E-state index contributed by atoms with van der Waals surface area (Å²) in [6.45, 7) is 18.6. The van der Waals surface area contributed by atoms with Gasteiger partial charge in [0.1, 0.15) is 0 Å². The van der Waals surface area contributed by atoms with E-state index in [1.54, 1.807) is 0 Å². The molecule has 3 N–H and O–H groups in total. The molecular weight excluding hydrogens is 408 g/mol. The predicted molar refractivity (Wildman–Crippen MR) is 134 cm³/mol. The molecule has 0 saturated heterocycles. The van der Waals surface area contributed by atoms with Crippen molar-refractivity contribution < 1.29 is 15.3 Å². The zero-order valence-corrected chi connectivity index (χ0v) is 22.7. The minimum Gasteiger partial charge on any atom is -0.390 e. The van der Waals surface area contributed by atoms with E-state index in [0.29, 0.717) is 23.7 Å². The molecule has 190 valence electrons. The molecule has 5 fully saturated rings. The van der Waals surface area contributed by atoms with Crippen molar-refractivity contribution in [3.63, 3.8) is 0 Å². The summed E-state index contributed by atoms with van der Waals surface area (Å²) in [5.41, 5.74) is -0.486. The molecule has 0 aromatic carbocycles. The van der Waals surface area contributed by atoms with E-state index < -0.39 is 17.8 Å². The highest BCUT2D eigenvalue weighted by Crippen LogP contribution is 2.78. The maximum absolute atomic E-state index is 12.0. The zero-order valence-electron chi connectivity index (χ0n) is 22.7. The molecule has 1 unspecified atom stereocenters. The fourth-order valence-corrected chi connectivity index (χ4v) is 12.3. The lowest BCUT2D eigenvalue weighted by molar-refractivity contribution is -0.310. The number of hydrogen-bond acceptors (Lipinski definition) is 3. The summed E-state index contributed by atoms with van der Waals surface area (Å²) >= 11 is 0. The van der Waals surface area contributed by atoms with Crippen LogP contribution in [0.5, 0.6) is 0 Å².